The van der Waals surface area contributed by atoms with E-state index in [0.29, 0.717) is 13.2 Å². The molecule has 2 aliphatic rings. The van der Waals surface area contributed by atoms with E-state index in [9.17, 15) is 4.79 Å². The summed E-state index contributed by atoms with van der Waals surface area (Å²) in [5, 5.41) is 8.82. The fourth-order valence-corrected chi connectivity index (χ4v) is 3.89. The molecule has 2 aliphatic heterocycles. The van der Waals surface area contributed by atoms with Crippen LogP contribution in [0.2, 0.25) is 0 Å². The van der Waals surface area contributed by atoms with Gasteiger partial charge >= 0.3 is 0 Å². The highest BCUT2D eigenvalue weighted by atomic mass is 16.5. The van der Waals surface area contributed by atoms with Gasteiger partial charge in [0, 0.05) is 37.7 Å². The number of carbonyl (C=O) groups excluding carboxylic acids is 1. The molecular formula is C21H26N4O3. The predicted octanol–water partition coefficient (Wildman–Crippen LogP) is 2.23. The van der Waals surface area contributed by atoms with Crippen LogP contribution in [0.25, 0.3) is 11.3 Å². The second kappa shape index (κ2) is 8.56. The zero-order valence-electron chi connectivity index (χ0n) is 16.2. The Hall–Kier alpha value is -2.67. The van der Waals surface area contributed by atoms with Gasteiger partial charge in [-0.05, 0) is 37.1 Å². The summed E-state index contributed by atoms with van der Waals surface area (Å²) in [6.45, 7) is 4.38. The van der Waals surface area contributed by atoms with Crippen molar-refractivity contribution in [3.8, 4) is 17.0 Å². The first kappa shape index (κ1) is 18.7. The van der Waals surface area contributed by atoms with Crippen LogP contribution in [0.5, 0.6) is 5.75 Å². The molecule has 0 N–H and O–H groups in total. The van der Waals surface area contributed by atoms with E-state index in [2.05, 4.69) is 15.1 Å². The lowest BCUT2D eigenvalue weighted by atomic mass is 9.95. The third kappa shape index (κ3) is 3.94. The number of anilines is 1. The van der Waals surface area contributed by atoms with Gasteiger partial charge in [-0.2, -0.15) is 0 Å². The van der Waals surface area contributed by atoms with E-state index in [1.807, 2.05) is 41.3 Å². The van der Waals surface area contributed by atoms with Gasteiger partial charge in [-0.1, -0.05) is 12.1 Å². The molecule has 3 heterocycles. The summed E-state index contributed by atoms with van der Waals surface area (Å²) in [5.74, 6) is 2.03. The number of piperidine rings is 1. The fraction of sp³-hybridized carbons (Fsp3) is 0.476. The zero-order chi connectivity index (χ0) is 19.3. The number of carbonyl (C=O) groups is 1. The Kier molecular flexibility index (Phi) is 5.71. The minimum atomic E-state index is 0.107. The van der Waals surface area contributed by atoms with E-state index >= 15 is 0 Å². The molecule has 7 heteroatoms. The van der Waals surface area contributed by atoms with E-state index < -0.39 is 0 Å². The highest BCUT2D eigenvalue weighted by Gasteiger charge is 2.29. The molecule has 2 saturated heterocycles. The van der Waals surface area contributed by atoms with E-state index in [0.717, 1.165) is 61.8 Å². The molecule has 28 heavy (non-hydrogen) atoms. The predicted molar refractivity (Wildman–Crippen MR) is 106 cm³/mol. The van der Waals surface area contributed by atoms with Gasteiger partial charge in [-0.25, -0.2) is 0 Å². The van der Waals surface area contributed by atoms with Crippen molar-refractivity contribution < 1.29 is 14.3 Å². The van der Waals surface area contributed by atoms with Gasteiger partial charge < -0.3 is 19.3 Å². The quantitative estimate of drug-likeness (QED) is 0.808. The Morgan fingerprint density at radius 1 is 1.04 bits per heavy atom. The number of hydrogen-bond donors (Lipinski definition) is 0. The summed E-state index contributed by atoms with van der Waals surface area (Å²) in [7, 11) is 1.66. The smallest absolute Gasteiger partial charge is 0.225 e. The average Bonchev–Trinajstić information content (AvgIpc) is 2.79. The normalized spacial score (nSPS) is 18.2. The first-order valence-corrected chi connectivity index (χ1v) is 9.85. The number of rotatable bonds is 4. The van der Waals surface area contributed by atoms with Crippen molar-refractivity contribution in [2.45, 2.75) is 12.8 Å². The summed E-state index contributed by atoms with van der Waals surface area (Å²) in [5.41, 5.74) is 1.72. The third-order valence-electron chi connectivity index (χ3n) is 5.52. The van der Waals surface area contributed by atoms with Crippen LogP contribution < -0.4 is 9.64 Å². The van der Waals surface area contributed by atoms with E-state index in [-0.39, 0.29) is 11.8 Å². The lowest BCUT2D eigenvalue weighted by molar-refractivity contribution is -0.140. The third-order valence-corrected chi connectivity index (χ3v) is 5.52. The van der Waals surface area contributed by atoms with Gasteiger partial charge in [-0.3, -0.25) is 4.79 Å². The molecular weight excluding hydrogens is 356 g/mol. The first-order chi connectivity index (χ1) is 13.8. The van der Waals surface area contributed by atoms with Crippen LogP contribution in [0.3, 0.4) is 0 Å². The van der Waals surface area contributed by atoms with Crippen molar-refractivity contribution >= 4 is 11.7 Å². The van der Waals surface area contributed by atoms with Gasteiger partial charge in [0.15, 0.2) is 5.82 Å². The Balaban J connectivity index is 1.38. The molecule has 148 valence electrons. The second-order valence-electron chi connectivity index (χ2n) is 7.18. The molecule has 1 aromatic carbocycles. The van der Waals surface area contributed by atoms with Gasteiger partial charge in [-0.15, -0.1) is 10.2 Å². The topological polar surface area (TPSA) is 67.8 Å². The number of benzene rings is 1. The maximum Gasteiger partial charge on any atom is 0.225 e. The lowest BCUT2D eigenvalue weighted by Gasteiger charge is -2.35. The van der Waals surface area contributed by atoms with Crippen molar-refractivity contribution in [3.05, 3.63) is 36.4 Å². The molecule has 0 atom stereocenters. The van der Waals surface area contributed by atoms with Crippen LogP contribution in [0.15, 0.2) is 36.4 Å². The minimum Gasteiger partial charge on any atom is -0.496 e. The number of methoxy groups -OCH3 is 1. The standard InChI is InChI=1S/C21H26N4O3/c1-27-19-5-3-2-4-17(19)18-6-7-20(23-22-18)24-10-8-16(9-11-24)21(26)25-12-14-28-15-13-25/h2-7,16H,8-15H2,1H3. The number of morpholine rings is 1. The fourth-order valence-electron chi connectivity index (χ4n) is 3.89. The minimum absolute atomic E-state index is 0.107. The van der Waals surface area contributed by atoms with Crippen LogP contribution in [0.1, 0.15) is 12.8 Å². The molecule has 0 radical (unpaired) electrons. The summed E-state index contributed by atoms with van der Waals surface area (Å²) < 4.78 is 10.8. The molecule has 7 nitrogen and oxygen atoms in total. The molecule has 0 bridgehead atoms. The van der Waals surface area contributed by atoms with Gasteiger partial charge in [0.05, 0.1) is 26.0 Å². The molecule has 0 unspecified atom stereocenters. The molecule has 2 aromatic rings. The molecule has 0 spiro atoms. The van der Waals surface area contributed by atoms with Crippen LogP contribution in [-0.4, -0.2) is 67.5 Å². The number of nitrogens with zero attached hydrogens (tertiary/aromatic N) is 4. The van der Waals surface area contributed by atoms with Crippen molar-refractivity contribution in [2.75, 3.05) is 51.4 Å². The maximum absolute atomic E-state index is 12.7. The van der Waals surface area contributed by atoms with Crippen molar-refractivity contribution in [2.24, 2.45) is 5.92 Å². The molecule has 4 rings (SSSR count). The van der Waals surface area contributed by atoms with Crippen LogP contribution in [0, 0.1) is 5.92 Å². The van der Waals surface area contributed by atoms with Gasteiger partial charge in [0.1, 0.15) is 5.75 Å². The molecule has 2 fully saturated rings. The summed E-state index contributed by atoms with van der Waals surface area (Å²) in [6.07, 6.45) is 1.71. The molecule has 1 amide bonds. The largest absolute Gasteiger partial charge is 0.496 e. The van der Waals surface area contributed by atoms with E-state index in [4.69, 9.17) is 9.47 Å². The summed E-state index contributed by atoms with van der Waals surface area (Å²) in [6, 6.07) is 11.8. The summed E-state index contributed by atoms with van der Waals surface area (Å²) >= 11 is 0. The zero-order valence-corrected chi connectivity index (χ0v) is 16.2. The maximum atomic E-state index is 12.7. The number of aromatic nitrogens is 2. The van der Waals surface area contributed by atoms with E-state index in [1.54, 1.807) is 7.11 Å². The number of ether oxygens (including phenoxy) is 2. The Morgan fingerprint density at radius 2 is 1.79 bits per heavy atom. The number of hydrogen-bond acceptors (Lipinski definition) is 6. The highest BCUT2D eigenvalue weighted by molar-refractivity contribution is 5.79. The van der Waals surface area contributed by atoms with E-state index in [1.165, 1.54) is 0 Å². The summed E-state index contributed by atoms with van der Waals surface area (Å²) in [4.78, 5) is 16.8. The second-order valence-corrected chi connectivity index (χ2v) is 7.18. The Labute approximate surface area is 165 Å². The van der Waals surface area contributed by atoms with Crippen molar-refractivity contribution in [1.29, 1.82) is 0 Å². The first-order valence-electron chi connectivity index (χ1n) is 9.85. The SMILES string of the molecule is COc1ccccc1-c1ccc(N2CCC(C(=O)N3CCOCC3)CC2)nn1. The average molecular weight is 382 g/mol. The monoisotopic (exact) mass is 382 g/mol. The molecule has 1 aromatic heterocycles. The van der Waals surface area contributed by atoms with Gasteiger partial charge in [0.25, 0.3) is 0 Å². The number of amides is 1. The Morgan fingerprint density at radius 3 is 2.46 bits per heavy atom. The van der Waals surface area contributed by atoms with Crippen LogP contribution >= 0.6 is 0 Å². The Bertz CT molecular complexity index is 798. The lowest BCUT2D eigenvalue weighted by Crippen LogP contribution is -2.47. The molecule has 0 saturated carbocycles. The highest BCUT2D eigenvalue weighted by Crippen LogP contribution is 2.29. The van der Waals surface area contributed by atoms with Crippen molar-refractivity contribution in [1.82, 2.24) is 15.1 Å². The number of para-hydroxylation sites is 1. The van der Waals surface area contributed by atoms with Gasteiger partial charge in [0.2, 0.25) is 5.91 Å². The molecule has 0 aliphatic carbocycles. The van der Waals surface area contributed by atoms with Crippen LogP contribution in [0.4, 0.5) is 5.82 Å². The van der Waals surface area contributed by atoms with Crippen molar-refractivity contribution in [3.63, 3.8) is 0 Å². The van der Waals surface area contributed by atoms with Crippen LogP contribution in [-0.2, 0) is 9.53 Å².